The van der Waals surface area contributed by atoms with Crippen LogP contribution in [0.4, 0.5) is 5.69 Å². The fourth-order valence-corrected chi connectivity index (χ4v) is 3.20. The van der Waals surface area contributed by atoms with Gasteiger partial charge in [-0.05, 0) is 36.5 Å². The SMILES string of the molecule is CCC(CC)(CC)N1Cc2cccc(N)c2C1. The molecule has 0 radical (unpaired) electrons. The zero-order valence-corrected chi connectivity index (χ0v) is 11.3. The monoisotopic (exact) mass is 232 g/mol. The maximum absolute atomic E-state index is 6.08. The van der Waals surface area contributed by atoms with Gasteiger partial charge in [-0.2, -0.15) is 0 Å². The first-order valence-corrected chi connectivity index (χ1v) is 6.78. The first-order chi connectivity index (χ1) is 8.16. The van der Waals surface area contributed by atoms with Gasteiger partial charge in [0.05, 0.1) is 0 Å². The number of hydrogen-bond acceptors (Lipinski definition) is 2. The first-order valence-electron chi connectivity index (χ1n) is 6.78. The fraction of sp³-hybridized carbons (Fsp3) is 0.600. The third-order valence-electron chi connectivity index (χ3n) is 4.66. The summed E-state index contributed by atoms with van der Waals surface area (Å²) in [7, 11) is 0. The molecule has 94 valence electrons. The lowest BCUT2D eigenvalue weighted by Crippen LogP contribution is -2.44. The summed E-state index contributed by atoms with van der Waals surface area (Å²) in [5.74, 6) is 0. The molecule has 1 heterocycles. The molecule has 1 aromatic carbocycles. The smallest absolute Gasteiger partial charge is 0.0363 e. The molecule has 0 fully saturated rings. The summed E-state index contributed by atoms with van der Waals surface area (Å²) < 4.78 is 0. The second-order valence-electron chi connectivity index (χ2n) is 5.13. The Bertz CT molecular complexity index is 386. The molecule has 2 nitrogen and oxygen atoms in total. The van der Waals surface area contributed by atoms with Gasteiger partial charge in [-0.1, -0.05) is 32.9 Å². The van der Waals surface area contributed by atoms with Crippen LogP contribution in [-0.4, -0.2) is 10.4 Å². The Morgan fingerprint density at radius 2 is 1.76 bits per heavy atom. The van der Waals surface area contributed by atoms with Crippen molar-refractivity contribution < 1.29 is 0 Å². The minimum atomic E-state index is 0.353. The number of anilines is 1. The predicted octanol–water partition coefficient (Wildman–Crippen LogP) is 3.55. The molecule has 0 amide bonds. The van der Waals surface area contributed by atoms with Gasteiger partial charge in [-0.25, -0.2) is 0 Å². The molecule has 1 aliphatic rings. The van der Waals surface area contributed by atoms with E-state index in [4.69, 9.17) is 5.73 Å². The molecule has 2 N–H and O–H groups in total. The van der Waals surface area contributed by atoms with Crippen molar-refractivity contribution in [2.75, 3.05) is 5.73 Å². The minimum Gasteiger partial charge on any atom is -0.398 e. The van der Waals surface area contributed by atoms with Crippen LogP contribution in [0.5, 0.6) is 0 Å². The molecule has 0 saturated heterocycles. The van der Waals surface area contributed by atoms with Crippen molar-refractivity contribution in [3.05, 3.63) is 29.3 Å². The van der Waals surface area contributed by atoms with E-state index >= 15 is 0 Å². The second kappa shape index (κ2) is 4.69. The van der Waals surface area contributed by atoms with Gasteiger partial charge in [0.1, 0.15) is 0 Å². The lowest BCUT2D eigenvalue weighted by atomic mass is 9.88. The van der Waals surface area contributed by atoms with Gasteiger partial charge in [0.15, 0.2) is 0 Å². The summed E-state index contributed by atoms with van der Waals surface area (Å²) in [6.07, 6.45) is 3.65. The summed E-state index contributed by atoms with van der Waals surface area (Å²) >= 11 is 0. The maximum atomic E-state index is 6.08. The van der Waals surface area contributed by atoms with E-state index in [0.29, 0.717) is 5.54 Å². The number of nitrogens with zero attached hydrogens (tertiary/aromatic N) is 1. The van der Waals surface area contributed by atoms with Gasteiger partial charge in [-0.15, -0.1) is 0 Å². The Kier molecular flexibility index (Phi) is 3.43. The molecule has 0 aliphatic carbocycles. The predicted molar refractivity (Wildman–Crippen MR) is 73.7 cm³/mol. The van der Waals surface area contributed by atoms with E-state index in [9.17, 15) is 0 Å². The molecule has 2 heteroatoms. The van der Waals surface area contributed by atoms with Crippen molar-refractivity contribution >= 4 is 5.69 Å². The molecule has 1 aliphatic heterocycles. The lowest BCUT2D eigenvalue weighted by molar-refractivity contribution is 0.0707. The Morgan fingerprint density at radius 3 is 2.29 bits per heavy atom. The minimum absolute atomic E-state index is 0.353. The van der Waals surface area contributed by atoms with Gasteiger partial charge in [0.25, 0.3) is 0 Å². The van der Waals surface area contributed by atoms with Gasteiger partial charge >= 0.3 is 0 Å². The summed E-state index contributed by atoms with van der Waals surface area (Å²) in [6, 6.07) is 6.31. The first kappa shape index (κ1) is 12.4. The fourth-order valence-electron chi connectivity index (χ4n) is 3.20. The molecule has 0 unspecified atom stereocenters. The number of benzene rings is 1. The normalized spacial score (nSPS) is 16.2. The van der Waals surface area contributed by atoms with Crippen molar-refractivity contribution in [3.8, 4) is 0 Å². The molecule has 0 aromatic heterocycles. The van der Waals surface area contributed by atoms with Crippen molar-refractivity contribution in [1.29, 1.82) is 0 Å². The summed E-state index contributed by atoms with van der Waals surface area (Å²) in [4.78, 5) is 2.62. The van der Waals surface area contributed by atoms with Crippen molar-refractivity contribution in [1.82, 2.24) is 4.90 Å². The summed E-state index contributed by atoms with van der Waals surface area (Å²) in [5, 5.41) is 0. The van der Waals surface area contributed by atoms with Crippen molar-refractivity contribution in [3.63, 3.8) is 0 Å². The van der Waals surface area contributed by atoms with Crippen LogP contribution in [0.1, 0.15) is 51.2 Å². The lowest BCUT2D eigenvalue weighted by Gasteiger charge is -2.40. The Labute approximate surface area is 105 Å². The van der Waals surface area contributed by atoms with E-state index in [0.717, 1.165) is 18.8 Å². The van der Waals surface area contributed by atoms with Crippen LogP contribution in [0.15, 0.2) is 18.2 Å². The van der Waals surface area contributed by atoms with E-state index in [-0.39, 0.29) is 0 Å². The highest BCUT2D eigenvalue weighted by Crippen LogP contribution is 2.37. The molecule has 0 spiro atoms. The molecule has 1 aromatic rings. The average Bonchev–Trinajstić information content (AvgIpc) is 2.78. The number of hydrogen-bond donors (Lipinski definition) is 1. The standard InChI is InChI=1S/C15H24N2/c1-4-15(5-2,6-3)17-10-12-8-7-9-14(16)13(12)11-17/h7-9H,4-6,10-11,16H2,1-3H3. The van der Waals surface area contributed by atoms with Crippen molar-refractivity contribution in [2.24, 2.45) is 0 Å². The van der Waals surface area contributed by atoms with E-state index in [1.165, 1.54) is 30.4 Å². The zero-order valence-electron chi connectivity index (χ0n) is 11.3. The van der Waals surface area contributed by atoms with Gasteiger partial charge in [0.2, 0.25) is 0 Å². The van der Waals surface area contributed by atoms with Gasteiger partial charge in [0, 0.05) is 24.3 Å². The maximum Gasteiger partial charge on any atom is 0.0363 e. The molecular weight excluding hydrogens is 208 g/mol. The summed E-state index contributed by atoms with van der Waals surface area (Å²) in [5.41, 5.74) is 10.2. The molecular formula is C15H24N2. The number of nitrogen functional groups attached to an aromatic ring is 1. The number of nitrogens with two attached hydrogens (primary N) is 1. The van der Waals surface area contributed by atoms with E-state index < -0.39 is 0 Å². The van der Waals surface area contributed by atoms with E-state index in [2.05, 4.69) is 37.8 Å². The van der Waals surface area contributed by atoms with Gasteiger partial charge < -0.3 is 5.73 Å². The van der Waals surface area contributed by atoms with Crippen LogP contribution in [0.25, 0.3) is 0 Å². The molecule has 0 saturated carbocycles. The third kappa shape index (κ3) is 1.95. The topological polar surface area (TPSA) is 29.3 Å². The van der Waals surface area contributed by atoms with Crippen LogP contribution in [0, 0.1) is 0 Å². The Balaban J connectivity index is 2.27. The summed E-state index contributed by atoms with van der Waals surface area (Å²) in [6.45, 7) is 9.01. The Hall–Kier alpha value is -1.02. The van der Waals surface area contributed by atoms with Crippen LogP contribution in [-0.2, 0) is 13.1 Å². The van der Waals surface area contributed by atoms with E-state index in [1.54, 1.807) is 0 Å². The Morgan fingerprint density at radius 1 is 1.12 bits per heavy atom. The van der Waals surface area contributed by atoms with Crippen LogP contribution in [0.3, 0.4) is 0 Å². The molecule has 17 heavy (non-hydrogen) atoms. The zero-order chi connectivity index (χ0) is 12.5. The number of fused-ring (bicyclic) bond motifs is 1. The second-order valence-corrected chi connectivity index (χ2v) is 5.13. The molecule has 2 rings (SSSR count). The largest absolute Gasteiger partial charge is 0.398 e. The highest BCUT2D eigenvalue weighted by Gasteiger charge is 2.35. The average molecular weight is 232 g/mol. The quantitative estimate of drug-likeness (QED) is 0.804. The van der Waals surface area contributed by atoms with Crippen LogP contribution < -0.4 is 5.73 Å². The van der Waals surface area contributed by atoms with Crippen molar-refractivity contribution in [2.45, 2.75) is 58.7 Å². The third-order valence-corrected chi connectivity index (χ3v) is 4.66. The molecule has 0 bridgehead atoms. The van der Waals surface area contributed by atoms with Crippen LogP contribution in [0.2, 0.25) is 0 Å². The molecule has 0 atom stereocenters. The van der Waals surface area contributed by atoms with Gasteiger partial charge in [-0.3, -0.25) is 4.90 Å². The van der Waals surface area contributed by atoms with E-state index in [1.807, 2.05) is 6.07 Å². The highest BCUT2D eigenvalue weighted by molar-refractivity contribution is 5.52. The number of rotatable bonds is 4. The van der Waals surface area contributed by atoms with Crippen LogP contribution >= 0.6 is 0 Å². The highest BCUT2D eigenvalue weighted by atomic mass is 15.2.